The topological polar surface area (TPSA) is 69.6 Å². The lowest BCUT2D eigenvalue weighted by Crippen LogP contribution is -2.48. The Balaban J connectivity index is 2.73. The number of carboxylic acids is 1. The predicted octanol–water partition coefficient (Wildman–Crippen LogP) is 1.87. The smallest absolute Gasteiger partial charge is 0.303 e. The van der Waals surface area contributed by atoms with E-state index in [2.05, 4.69) is 12.2 Å². The Morgan fingerprint density at radius 2 is 2.10 bits per heavy atom. The summed E-state index contributed by atoms with van der Waals surface area (Å²) in [5.41, 5.74) is -0.276. The van der Waals surface area contributed by atoms with Gasteiger partial charge in [-0.05, 0) is 39.7 Å². The van der Waals surface area contributed by atoms with Gasteiger partial charge >= 0.3 is 5.97 Å². The number of carboxylic acid groups (broad SMARTS) is 1. The Hall–Kier alpha value is -1.10. The first-order valence-corrected chi connectivity index (χ1v) is 7.66. The van der Waals surface area contributed by atoms with Crippen LogP contribution in [0, 0.1) is 5.41 Å². The van der Waals surface area contributed by atoms with Crippen molar-refractivity contribution >= 4 is 11.9 Å². The molecule has 0 aromatic carbocycles. The van der Waals surface area contributed by atoms with Crippen molar-refractivity contribution in [3.63, 3.8) is 0 Å². The fourth-order valence-electron chi connectivity index (χ4n) is 3.02. The SMILES string of the molecule is CCCC1(C(=O)N(CCCC(=O)O)C(C)C)CCNC1. The van der Waals surface area contributed by atoms with Gasteiger partial charge in [0.15, 0.2) is 0 Å². The number of hydrogen-bond donors (Lipinski definition) is 2. The Bertz CT molecular complexity index is 336. The highest BCUT2D eigenvalue weighted by atomic mass is 16.4. The average Bonchev–Trinajstić information content (AvgIpc) is 2.83. The molecule has 0 saturated carbocycles. The van der Waals surface area contributed by atoms with E-state index in [1.165, 1.54) is 0 Å². The molecule has 0 aromatic rings. The molecule has 1 atom stereocenters. The highest BCUT2D eigenvalue weighted by molar-refractivity contribution is 5.83. The zero-order valence-corrected chi connectivity index (χ0v) is 12.9. The van der Waals surface area contributed by atoms with Crippen LogP contribution >= 0.6 is 0 Å². The van der Waals surface area contributed by atoms with E-state index in [9.17, 15) is 9.59 Å². The minimum absolute atomic E-state index is 0.116. The van der Waals surface area contributed by atoms with Crippen LogP contribution in [0.25, 0.3) is 0 Å². The lowest BCUT2D eigenvalue weighted by atomic mass is 9.80. The first kappa shape index (κ1) is 17.0. The summed E-state index contributed by atoms with van der Waals surface area (Å²) in [6.07, 6.45) is 3.43. The number of carbonyl (C=O) groups excluding carboxylic acids is 1. The maximum atomic E-state index is 12.9. The van der Waals surface area contributed by atoms with Gasteiger partial charge in [-0.3, -0.25) is 9.59 Å². The highest BCUT2D eigenvalue weighted by Crippen LogP contribution is 2.34. The molecule has 1 unspecified atom stereocenters. The van der Waals surface area contributed by atoms with Crippen LogP contribution in [-0.4, -0.2) is 47.6 Å². The zero-order valence-electron chi connectivity index (χ0n) is 12.9. The molecule has 0 radical (unpaired) electrons. The highest BCUT2D eigenvalue weighted by Gasteiger charge is 2.43. The molecule has 0 spiro atoms. The summed E-state index contributed by atoms with van der Waals surface area (Å²) in [5.74, 6) is -0.600. The normalized spacial score (nSPS) is 22.2. The van der Waals surface area contributed by atoms with Gasteiger partial charge in [-0.25, -0.2) is 0 Å². The molecular weight excluding hydrogens is 256 g/mol. The third kappa shape index (κ3) is 4.20. The van der Waals surface area contributed by atoms with Crippen molar-refractivity contribution in [3.8, 4) is 0 Å². The number of aliphatic carboxylic acids is 1. The van der Waals surface area contributed by atoms with Gasteiger partial charge in [-0.1, -0.05) is 13.3 Å². The molecule has 0 bridgehead atoms. The molecular formula is C15H28N2O3. The molecule has 1 rings (SSSR count). The number of carbonyl (C=O) groups is 2. The minimum Gasteiger partial charge on any atom is -0.481 e. The number of nitrogens with zero attached hydrogens (tertiary/aromatic N) is 1. The largest absolute Gasteiger partial charge is 0.481 e. The summed E-state index contributed by atoms with van der Waals surface area (Å²) in [4.78, 5) is 25.4. The van der Waals surface area contributed by atoms with Crippen molar-refractivity contribution in [2.24, 2.45) is 5.41 Å². The van der Waals surface area contributed by atoms with Gasteiger partial charge in [-0.2, -0.15) is 0 Å². The maximum absolute atomic E-state index is 12.9. The van der Waals surface area contributed by atoms with Crippen LogP contribution in [0.15, 0.2) is 0 Å². The molecule has 0 aromatic heterocycles. The molecule has 0 aliphatic carbocycles. The van der Waals surface area contributed by atoms with Gasteiger partial charge in [0.05, 0.1) is 5.41 Å². The molecule has 20 heavy (non-hydrogen) atoms. The van der Waals surface area contributed by atoms with E-state index < -0.39 is 5.97 Å². The van der Waals surface area contributed by atoms with Gasteiger partial charge in [0, 0.05) is 25.6 Å². The first-order chi connectivity index (χ1) is 9.43. The Labute approximate surface area is 121 Å². The van der Waals surface area contributed by atoms with E-state index in [0.717, 1.165) is 32.4 Å². The molecule has 1 aliphatic rings. The molecule has 1 saturated heterocycles. The van der Waals surface area contributed by atoms with Crippen LogP contribution in [0.5, 0.6) is 0 Å². The van der Waals surface area contributed by atoms with Crippen molar-refractivity contribution in [2.75, 3.05) is 19.6 Å². The first-order valence-electron chi connectivity index (χ1n) is 7.66. The van der Waals surface area contributed by atoms with E-state index in [1.54, 1.807) is 0 Å². The summed E-state index contributed by atoms with van der Waals surface area (Å²) in [7, 11) is 0. The number of amides is 1. The van der Waals surface area contributed by atoms with E-state index in [0.29, 0.717) is 13.0 Å². The predicted molar refractivity (Wildman–Crippen MR) is 78.5 cm³/mol. The second-order valence-electron chi connectivity index (χ2n) is 6.05. The summed E-state index contributed by atoms with van der Waals surface area (Å²) < 4.78 is 0. The standard InChI is InChI=1S/C15H28N2O3/c1-4-7-15(8-9-16-11-15)14(20)17(12(2)3)10-5-6-13(18)19/h12,16H,4-11H2,1-3H3,(H,18,19). The van der Waals surface area contributed by atoms with E-state index >= 15 is 0 Å². The third-order valence-corrected chi connectivity index (χ3v) is 4.10. The minimum atomic E-state index is -0.799. The van der Waals surface area contributed by atoms with E-state index in [-0.39, 0.29) is 23.8 Å². The molecule has 2 N–H and O–H groups in total. The maximum Gasteiger partial charge on any atom is 0.303 e. The van der Waals surface area contributed by atoms with Crippen LogP contribution in [0.3, 0.4) is 0 Å². The van der Waals surface area contributed by atoms with Crippen molar-refractivity contribution < 1.29 is 14.7 Å². The fourth-order valence-corrected chi connectivity index (χ4v) is 3.02. The van der Waals surface area contributed by atoms with Gasteiger partial charge in [0.25, 0.3) is 0 Å². The van der Waals surface area contributed by atoms with Crippen molar-refractivity contribution in [3.05, 3.63) is 0 Å². The van der Waals surface area contributed by atoms with Gasteiger partial charge < -0.3 is 15.3 Å². The van der Waals surface area contributed by atoms with Crippen molar-refractivity contribution in [2.45, 2.75) is 58.9 Å². The quantitative estimate of drug-likeness (QED) is 0.714. The van der Waals surface area contributed by atoms with Gasteiger partial charge in [0.2, 0.25) is 5.91 Å². The van der Waals surface area contributed by atoms with Crippen LogP contribution in [0.4, 0.5) is 0 Å². The summed E-state index contributed by atoms with van der Waals surface area (Å²) >= 11 is 0. The summed E-state index contributed by atoms with van der Waals surface area (Å²) in [5, 5.41) is 12.0. The van der Waals surface area contributed by atoms with Crippen molar-refractivity contribution in [1.29, 1.82) is 0 Å². The van der Waals surface area contributed by atoms with Crippen LogP contribution in [0.1, 0.15) is 52.9 Å². The summed E-state index contributed by atoms with van der Waals surface area (Å²) in [6, 6.07) is 0.116. The Morgan fingerprint density at radius 1 is 1.40 bits per heavy atom. The second kappa shape index (κ2) is 7.62. The molecule has 1 fully saturated rings. The average molecular weight is 284 g/mol. The molecule has 5 heteroatoms. The lowest BCUT2D eigenvalue weighted by molar-refractivity contribution is -0.144. The molecule has 1 amide bonds. The van der Waals surface area contributed by atoms with Crippen molar-refractivity contribution in [1.82, 2.24) is 10.2 Å². The zero-order chi connectivity index (χ0) is 15.2. The second-order valence-corrected chi connectivity index (χ2v) is 6.05. The van der Waals surface area contributed by atoms with Crippen LogP contribution in [-0.2, 0) is 9.59 Å². The monoisotopic (exact) mass is 284 g/mol. The van der Waals surface area contributed by atoms with Gasteiger partial charge in [0.1, 0.15) is 0 Å². The van der Waals surface area contributed by atoms with E-state index in [1.807, 2.05) is 18.7 Å². The van der Waals surface area contributed by atoms with E-state index in [4.69, 9.17) is 5.11 Å². The molecule has 1 heterocycles. The van der Waals surface area contributed by atoms with Crippen LogP contribution < -0.4 is 5.32 Å². The molecule has 5 nitrogen and oxygen atoms in total. The molecule has 116 valence electrons. The Kier molecular flexibility index (Phi) is 6.46. The van der Waals surface area contributed by atoms with Gasteiger partial charge in [-0.15, -0.1) is 0 Å². The number of hydrogen-bond acceptors (Lipinski definition) is 3. The van der Waals surface area contributed by atoms with Crippen LogP contribution in [0.2, 0.25) is 0 Å². The number of rotatable bonds is 8. The summed E-state index contributed by atoms with van der Waals surface area (Å²) in [6.45, 7) is 8.29. The molecule has 1 aliphatic heterocycles. The Morgan fingerprint density at radius 3 is 2.55 bits per heavy atom. The lowest BCUT2D eigenvalue weighted by Gasteiger charge is -2.36. The third-order valence-electron chi connectivity index (χ3n) is 4.10. The fraction of sp³-hybridized carbons (Fsp3) is 0.867. The number of nitrogens with one attached hydrogen (secondary N) is 1.